The zero-order valence-electron chi connectivity index (χ0n) is 17.7. The van der Waals surface area contributed by atoms with Gasteiger partial charge in [0.15, 0.2) is 5.76 Å². The molecule has 4 rings (SSSR count). The van der Waals surface area contributed by atoms with E-state index in [-0.39, 0.29) is 5.57 Å². The molecular formula is C26H23NO5. The minimum Gasteiger partial charge on any atom is -0.502 e. The maximum absolute atomic E-state index is 13.0. The SMILES string of the molecule is CCCOc1ccc(C2=C(O)C(=O)N(c3ccc(OCc4ccccc4)cc3)C2=O)cc1. The molecule has 0 atom stereocenters. The summed E-state index contributed by atoms with van der Waals surface area (Å²) >= 11 is 0. The van der Waals surface area contributed by atoms with Gasteiger partial charge in [-0.2, -0.15) is 0 Å². The van der Waals surface area contributed by atoms with Crippen LogP contribution in [0.5, 0.6) is 11.5 Å². The van der Waals surface area contributed by atoms with Crippen molar-refractivity contribution in [3.05, 3.63) is 95.7 Å². The Labute approximate surface area is 186 Å². The molecule has 1 aliphatic rings. The molecule has 3 aromatic carbocycles. The lowest BCUT2D eigenvalue weighted by Crippen LogP contribution is -2.31. The molecule has 1 aliphatic heterocycles. The first-order valence-electron chi connectivity index (χ1n) is 10.4. The summed E-state index contributed by atoms with van der Waals surface area (Å²) in [5.74, 6) is -0.629. The van der Waals surface area contributed by atoms with Gasteiger partial charge in [0.05, 0.1) is 17.9 Å². The Balaban J connectivity index is 1.48. The van der Waals surface area contributed by atoms with Crippen LogP contribution in [-0.4, -0.2) is 23.5 Å². The number of aliphatic hydroxyl groups excluding tert-OH is 1. The molecule has 0 aromatic heterocycles. The summed E-state index contributed by atoms with van der Waals surface area (Å²) < 4.78 is 11.3. The third-order valence-electron chi connectivity index (χ3n) is 5.02. The Kier molecular flexibility index (Phi) is 6.22. The van der Waals surface area contributed by atoms with E-state index in [1.807, 2.05) is 37.3 Å². The molecule has 0 radical (unpaired) electrons. The van der Waals surface area contributed by atoms with Crippen LogP contribution in [0.25, 0.3) is 5.57 Å². The number of amides is 2. The van der Waals surface area contributed by atoms with Crippen LogP contribution in [0.1, 0.15) is 24.5 Å². The molecule has 3 aromatic rings. The number of imide groups is 1. The second-order valence-electron chi connectivity index (χ2n) is 7.31. The van der Waals surface area contributed by atoms with Crippen LogP contribution in [0.3, 0.4) is 0 Å². The summed E-state index contributed by atoms with van der Waals surface area (Å²) in [6.07, 6.45) is 0.881. The van der Waals surface area contributed by atoms with Crippen LogP contribution in [0.4, 0.5) is 5.69 Å². The van der Waals surface area contributed by atoms with E-state index >= 15 is 0 Å². The van der Waals surface area contributed by atoms with Gasteiger partial charge in [0.2, 0.25) is 0 Å². The van der Waals surface area contributed by atoms with Crippen LogP contribution in [0.2, 0.25) is 0 Å². The summed E-state index contributed by atoms with van der Waals surface area (Å²) in [4.78, 5) is 26.6. The Bertz CT molecular complexity index is 1140. The Morgan fingerprint density at radius 1 is 0.781 bits per heavy atom. The second-order valence-corrected chi connectivity index (χ2v) is 7.31. The van der Waals surface area contributed by atoms with E-state index in [4.69, 9.17) is 9.47 Å². The lowest BCUT2D eigenvalue weighted by Gasteiger charge is -2.15. The highest BCUT2D eigenvalue weighted by Crippen LogP contribution is 2.33. The molecule has 6 nitrogen and oxygen atoms in total. The van der Waals surface area contributed by atoms with Crippen molar-refractivity contribution in [2.45, 2.75) is 20.0 Å². The van der Waals surface area contributed by atoms with Gasteiger partial charge in [-0.05, 0) is 53.9 Å². The topological polar surface area (TPSA) is 76.1 Å². The first-order chi connectivity index (χ1) is 15.6. The summed E-state index contributed by atoms with van der Waals surface area (Å²) in [6, 6.07) is 23.1. The lowest BCUT2D eigenvalue weighted by molar-refractivity contribution is -0.121. The van der Waals surface area contributed by atoms with E-state index in [2.05, 4.69) is 0 Å². The number of hydrogen-bond acceptors (Lipinski definition) is 5. The molecule has 32 heavy (non-hydrogen) atoms. The highest BCUT2D eigenvalue weighted by molar-refractivity contribution is 6.44. The fraction of sp³-hybridized carbons (Fsp3) is 0.154. The van der Waals surface area contributed by atoms with E-state index < -0.39 is 17.6 Å². The van der Waals surface area contributed by atoms with Crippen LogP contribution in [0, 0.1) is 0 Å². The number of aliphatic hydroxyl groups is 1. The van der Waals surface area contributed by atoms with Gasteiger partial charge < -0.3 is 14.6 Å². The molecule has 0 spiro atoms. The molecular weight excluding hydrogens is 406 g/mol. The number of rotatable bonds is 8. The Hall–Kier alpha value is -4.06. The lowest BCUT2D eigenvalue weighted by atomic mass is 10.1. The minimum absolute atomic E-state index is 0.0264. The predicted molar refractivity (Wildman–Crippen MR) is 121 cm³/mol. The zero-order valence-corrected chi connectivity index (χ0v) is 17.7. The number of carbonyl (C=O) groups excluding carboxylic acids is 2. The third kappa shape index (κ3) is 4.34. The highest BCUT2D eigenvalue weighted by Gasteiger charge is 2.40. The van der Waals surface area contributed by atoms with Crippen LogP contribution in [0.15, 0.2) is 84.6 Å². The number of nitrogens with zero attached hydrogens (tertiary/aromatic N) is 1. The number of ether oxygens (including phenoxy) is 2. The fourth-order valence-electron chi connectivity index (χ4n) is 3.38. The number of anilines is 1. The van der Waals surface area contributed by atoms with Crippen molar-refractivity contribution < 1.29 is 24.2 Å². The molecule has 0 fully saturated rings. The molecule has 0 unspecified atom stereocenters. The minimum atomic E-state index is -0.755. The quantitative estimate of drug-likeness (QED) is 0.516. The fourth-order valence-corrected chi connectivity index (χ4v) is 3.38. The van der Waals surface area contributed by atoms with Crippen LogP contribution < -0.4 is 14.4 Å². The number of carbonyl (C=O) groups is 2. The summed E-state index contributed by atoms with van der Waals surface area (Å²) in [6.45, 7) is 3.01. The smallest absolute Gasteiger partial charge is 0.301 e. The maximum Gasteiger partial charge on any atom is 0.301 e. The van der Waals surface area contributed by atoms with Gasteiger partial charge in [-0.3, -0.25) is 9.59 Å². The van der Waals surface area contributed by atoms with Gasteiger partial charge in [0, 0.05) is 0 Å². The first kappa shape index (κ1) is 21.2. The van der Waals surface area contributed by atoms with Gasteiger partial charge in [-0.25, -0.2) is 4.90 Å². The van der Waals surface area contributed by atoms with Crippen LogP contribution in [-0.2, 0) is 16.2 Å². The van der Waals surface area contributed by atoms with Crippen molar-refractivity contribution in [2.75, 3.05) is 11.5 Å². The summed E-state index contributed by atoms with van der Waals surface area (Å²) in [5, 5.41) is 10.4. The van der Waals surface area contributed by atoms with Gasteiger partial charge in [-0.1, -0.05) is 49.4 Å². The van der Waals surface area contributed by atoms with Crippen molar-refractivity contribution in [1.29, 1.82) is 0 Å². The monoisotopic (exact) mass is 429 g/mol. The van der Waals surface area contributed by atoms with Crippen molar-refractivity contribution in [3.8, 4) is 11.5 Å². The predicted octanol–water partition coefficient (Wildman–Crippen LogP) is 4.90. The normalized spacial score (nSPS) is 13.6. The van der Waals surface area contributed by atoms with E-state index in [0.29, 0.717) is 36.0 Å². The van der Waals surface area contributed by atoms with Gasteiger partial charge in [-0.15, -0.1) is 0 Å². The average molecular weight is 429 g/mol. The van der Waals surface area contributed by atoms with Crippen molar-refractivity contribution in [3.63, 3.8) is 0 Å². The average Bonchev–Trinajstić information content (AvgIpc) is 3.05. The molecule has 0 saturated heterocycles. The molecule has 2 amide bonds. The standard InChI is InChI=1S/C26H23NO5/c1-2-16-31-21-12-8-19(9-13-21)23-24(28)26(30)27(25(23)29)20-10-14-22(15-11-20)32-17-18-6-4-3-5-7-18/h3-15,28H,2,16-17H2,1H3. The number of hydrogen-bond donors (Lipinski definition) is 1. The Morgan fingerprint density at radius 2 is 1.41 bits per heavy atom. The molecule has 0 bridgehead atoms. The molecule has 0 aliphatic carbocycles. The van der Waals surface area contributed by atoms with E-state index in [1.165, 1.54) is 0 Å². The van der Waals surface area contributed by atoms with Gasteiger partial charge in [0.1, 0.15) is 18.1 Å². The van der Waals surface area contributed by atoms with Crippen molar-refractivity contribution in [2.24, 2.45) is 0 Å². The molecule has 1 N–H and O–H groups in total. The van der Waals surface area contributed by atoms with Gasteiger partial charge in [0.25, 0.3) is 5.91 Å². The second kappa shape index (κ2) is 9.39. The largest absolute Gasteiger partial charge is 0.502 e. The van der Waals surface area contributed by atoms with E-state index in [1.54, 1.807) is 48.5 Å². The Morgan fingerprint density at radius 3 is 2.06 bits per heavy atom. The summed E-state index contributed by atoms with van der Waals surface area (Å²) in [5.41, 5.74) is 1.82. The van der Waals surface area contributed by atoms with Crippen LogP contribution >= 0.6 is 0 Å². The number of benzene rings is 3. The van der Waals surface area contributed by atoms with E-state index in [0.717, 1.165) is 16.9 Å². The van der Waals surface area contributed by atoms with Crippen molar-refractivity contribution in [1.82, 2.24) is 0 Å². The molecule has 162 valence electrons. The zero-order chi connectivity index (χ0) is 22.5. The third-order valence-corrected chi connectivity index (χ3v) is 5.02. The maximum atomic E-state index is 13.0. The molecule has 6 heteroatoms. The highest BCUT2D eigenvalue weighted by atomic mass is 16.5. The van der Waals surface area contributed by atoms with Crippen molar-refractivity contribution >= 4 is 23.1 Å². The van der Waals surface area contributed by atoms with E-state index in [9.17, 15) is 14.7 Å². The van der Waals surface area contributed by atoms with Gasteiger partial charge >= 0.3 is 5.91 Å². The summed E-state index contributed by atoms with van der Waals surface area (Å²) in [7, 11) is 0. The first-order valence-corrected chi connectivity index (χ1v) is 10.4. The molecule has 1 heterocycles. The molecule has 0 saturated carbocycles.